The Morgan fingerprint density at radius 3 is 2.59 bits per heavy atom. The molecule has 0 aliphatic rings. The molecule has 0 unspecified atom stereocenters. The molecule has 0 saturated carbocycles. The fourth-order valence-corrected chi connectivity index (χ4v) is 3.37. The van der Waals surface area contributed by atoms with E-state index >= 15 is 0 Å². The summed E-state index contributed by atoms with van der Waals surface area (Å²) < 4.78 is 20.1. The number of nitrogens with two attached hydrogens (primary N) is 1. The molecule has 0 spiro atoms. The van der Waals surface area contributed by atoms with Crippen LogP contribution in [0.1, 0.15) is 11.3 Å². The standard InChI is InChI=1S/C21H16FN5O2/c1-11-17-18(14-4-3-5-16(29-2)19(14)28)15(10-23)20(24)25-21(17)27(26-11)13-8-6-12(22)7-9-13/h3-9,28H,1-2H3,(H2,24,25). The zero-order valence-corrected chi connectivity index (χ0v) is 15.6. The number of nitrogen functional groups attached to an aromatic ring is 1. The highest BCUT2D eigenvalue weighted by molar-refractivity contribution is 6.02. The minimum Gasteiger partial charge on any atom is -0.504 e. The Balaban J connectivity index is 2.12. The van der Waals surface area contributed by atoms with Gasteiger partial charge < -0.3 is 15.6 Å². The molecule has 2 aromatic carbocycles. The number of nitriles is 1. The molecule has 7 nitrogen and oxygen atoms in total. The van der Waals surface area contributed by atoms with Crippen molar-refractivity contribution in [3.8, 4) is 34.4 Å². The second kappa shape index (κ2) is 6.80. The summed E-state index contributed by atoms with van der Waals surface area (Å²) in [5.41, 5.74) is 8.56. The lowest BCUT2D eigenvalue weighted by Gasteiger charge is -2.13. The van der Waals surface area contributed by atoms with Crippen LogP contribution >= 0.6 is 0 Å². The molecule has 0 amide bonds. The van der Waals surface area contributed by atoms with Crippen LogP contribution in [0.4, 0.5) is 10.2 Å². The molecule has 2 aromatic heterocycles. The SMILES string of the molecule is COc1cccc(-c2c(C#N)c(N)nc3c2c(C)nn3-c2ccc(F)cc2)c1O. The summed E-state index contributed by atoms with van der Waals surface area (Å²) >= 11 is 0. The smallest absolute Gasteiger partial charge is 0.166 e. The molecule has 29 heavy (non-hydrogen) atoms. The molecule has 2 heterocycles. The van der Waals surface area contributed by atoms with Crippen LogP contribution < -0.4 is 10.5 Å². The van der Waals surface area contributed by atoms with Gasteiger partial charge in [0.2, 0.25) is 0 Å². The number of pyridine rings is 1. The Morgan fingerprint density at radius 1 is 1.21 bits per heavy atom. The van der Waals surface area contributed by atoms with Crippen LogP contribution in [0.2, 0.25) is 0 Å². The van der Waals surface area contributed by atoms with Gasteiger partial charge in [-0.15, -0.1) is 0 Å². The number of anilines is 1. The van der Waals surface area contributed by atoms with E-state index in [0.717, 1.165) is 0 Å². The van der Waals surface area contributed by atoms with E-state index in [1.165, 1.54) is 23.9 Å². The third-order valence-corrected chi connectivity index (χ3v) is 4.69. The average Bonchev–Trinajstić information content (AvgIpc) is 3.04. The van der Waals surface area contributed by atoms with Crippen molar-refractivity contribution in [1.29, 1.82) is 5.26 Å². The Morgan fingerprint density at radius 2 is 1.93 bits per heavy atom. The van der Waals surface area contributed by atoms with Crippen LogP contribution in [-0.4, -0.2) is 27.0 Å². The number of hydrogen-bond donors (Lipinski definition) is 2. The summed E-state index contributed by atoms with van der Waals surface area (Å²) in [6, 6.07) is 12.8. The van der Waals surface area contributed by atoms with Gasteiger partial charge >= 0.3 is 0 Å². The van der Waals surface area contributed by atoms with E-state index in [1.54, 1.807) is 37.3 Å². The van der Waals surface area contributed by atoms with Gasteiger partial charge in [-0.25, -0.2) is 14.1 Å². The van der Waals surface area contributed by atoms with Crippen LogP contribution in [0.25, 0.3) is 27.8 Å². The Labute approximate surface area is 165 Å². The third kappa shape index (κ3) is 2.80. The largest absolute Gasteiger partial charge is 0.504 e. The van der Waals surface area contributed by atoms with E-state index in [1.807, 2.05) is 0 Å². The van der Waals surface area contributed by atoms with Gasteiger partial charge in [0, 0.05) is 11.1 Å². The summed E-state index contributed by atoms with van der Waals surface area (Å²) in [6.45, 7) is 1.77. The number of nitrogens with zero attached hydrogens (tertiary/aromatic N) is 4. The van der Waals surface area contributed by atoms with E-state index in [0.29, 0.717) is 33.5 Å². The number of phenols is 1. The molecule has 0 fully saturated rings. The summed E-state index contributed by atoms with van der Waals surface area (Å²) in [7, 11) is 1.44. The van der Waals surface area contributed by atoms with Crippen molar-refractivity contribution in [2.45, 2.75) is 6.92 Å². The number of methoxy groups -OCH3 is 1. The molecule has 4 aromatic rings. The molecule has 0 aliphatic carbocycles. The number of fused-ring (bicyclic) bond motifs is 1. The molecule has 0 atom stereocenters. The average molecular weight is 389 g/mol. The molecule has 0 aliphatic heterocycles. The van der Waals surface area contributed by atoms with Gasteiger partial charge in [-0.05, 0) is 37.3 Å². The lowest BCUT2D eigenvalue weighted by Crippen LogP contribution is -2.03. The summed E-state index contributed by atoms with van der Waals surface area (Å²) in [5, 5.41) is 25.5. The molecule has 0 radical (unpaired) electrons. The number of phenolic OH excluding ortho intramolecular Hbond substituents is 1. The van der Waals surface area contributed by atoms with Crippen molar-refractivity contribution >= 4 is 16.9 Å². The van der Waals surface area contributed by atoms with Gasteiger partial charge in [0.05, 0.1) is 23.9 Å². The predicted molar refractivity (Wildman–Crippen MR) is 106 cm³/mol. The van der Waals surface area contributed by atoms with Crippen molar-refractivity contribution in [2.24, 2.45) is 0 Å². The number of ether oxygens (including phenoxy) is 1. The van der Waals surface area contributed by atoms with Gasteiger partial charge in [0.15, 0.2) is 17.1 Å². The van der Waals surface area contributed by atoms with Crippen LogP contribution in [0.3, 0.4) is 0 Å². The summed E-state index contributed by atoms with van der Waals surface area (Å²) in [4.78, 5) is 4.37. The van der Waals surface area contributed by atoms with E-state index in [4.69, 9.17) is 10.5 Å². The highest BCUT2D eigenvalue weighted by Gasteiger charge is 2.24. The van der Waals surface area contributed by atoms with Crippen LogP contribution in [0, 0.1) is 24.1 Å². The van der Waals surface area contributed by atoms with Crippen LogP contribution in [0.5, 0.6) is 11.5 Å². The highest BCUT2D eigenvalue weighted by atomic mass is 19.1. The van der Waals surface area contributed by atoms with Gasteiger partial charge in [-0.2, -0.15) is 10.4 Å². The first-order valence-corrected chi connectivity index (χ1v) is 8.67. The number of halogens is 1. The molecule has 0 bridgehead atoms. The van der Waals surface area contributed by atoms with Crippen molar-refractivity contribution in [3.63, 3.8) is 0 Å². The first-order chi connectivity index (χ1) is 14.0. The monoisotopic (exact) mass is 389 g/mol. The van der Waals surface area contributed by atoms with Crippen LogP contribution in [0.15, 0.2) is 42.5 Å². The number of aromatic nitrogens is 3. The summed E-state index contributed by atoms with van der Waals surface area (Å²) in [5.74, 6) is -0.227. The lowest BCUT2D eigenvalue weighted by atomic mass is 9.96. The topological polar surface area (TPSA) is 110 Å². The number of aryl methyl sites for hydroxylation is 1. The second-order valence-electron chi connectivity index (χ2n) is 6.39. The quantitative estimate of drug-likeness (QED) is 0.553. The van der Waals surface area contributed by atoms with Crippen molar-refractivity contribution < 1.29 is 14.2 Å². The van der Waals surface area contributed by atoms with Crippen molar-refractivity contribution in [1.82, 2.24) is 14.8 Å². The Bertz CT molecular complexity index is 1290. The van der Waals surface area contributed by atoms with E-state index in [-0.39, 0.29) is 28.7 Å². The predicted octanol–water partition coefficient (Wildman–Crippen LogP) is 3.70. The van der Waals surface area contributed by atoms with Gasteiger partial charge in [-0.3, -0.25) is 0 Å². The van der Waals surface area contributed by atoms with Crippen molar-refractivity contribution in [2.75, 3.05) is 12.8 Å². The lowest BCUT2D eigenvalue weighted by molar-refractivity contribution is 0.374. The molecule has 3 N–H and O–H groups in total. The summed E-state index contributed by atoms with van der Waals surface area (Å²) in [6.07, 6.45) is 0. The van der Waals surface area contributed by atoms with Crippen molar-refractivity contribution in [3.05, 3.63) is 59.5 Å². The van der Waals surface area contributed by atoms with Gasteiger partial charge in [-0.1, -0.05) is 12.1 Å². The van der Waals surface area contributed by atoms with Gasteiger partial charge in [0.1, 0.15) is 23.3 Å². The number of rotatable bonds is 3. The first kappa shape index (κ1) is 18.3. The maximum Gasteiger partial charge on any atom is 0.166 e. The number of para-hydroxylation sites is 1. The Hall–Kier alpha value is -4.12. The maximum atomic E-state index is 13.3. The number of benzene rings is 2. The molecule has 144 valence electrons. The fraction of sp³-hybridized carbons (Fsp3) is 0.0952. The number of aromatic hydroxyl groups is 1. The minimum atomic E-state index is -0.372. The minimum absolute atomic E-state index is 0.000446. The first-order valence-electron chi connectivity index (χ1n) is 8.67. The maximum absolute atomic E-state index is 13.3. The molecule has 4 rings (SSSR count). The van der Waals surface area contributed by atoms with E-state index < -0.39 is 0 Å². The molecular formula is C21H16FN5O2. The molecule has 0 saturated heterocycles. The fourth-order valence-electron chi connectivity index (χ4n) is 3.37. The van der Waals surface area contributed by atoms with E-state index in [9.17, 15) is 14.8 Å². The normalized spacial score (nSPS) is 10.8. The van der Waals surface area contributed by atoms with Gasteiger partial charge in [0.25, 0.3) is 0 Å². The van der Waals surface area contributed by atoms with E-state index in [2.05, 4.69) is 16.2 Å². The molecular weight excluding hydrogens is 373 g/mol. The third-order valence-electron chi connectivity index (χ3n) is 4.69. The number of hydrogen-bond acceptors (Lipinski definition) is 6. The molecule has 8 heteroatoms. The zero-order valence-electron chi connectivity index (χ0n) is 15.6. The highest BCUT2D eigenvalue weighted by Crippen LogP contribution is 2.43. The zero-order chi connectivity index (χ0) is 20.7. The Kier molecular flexibility index (Phi) is 4.28. The van der Waals surface area contributed by atoms with Crippen LogP contribution in [-0.2, 0) is 0 Å². The second-order valence-corrected chi connectivity index (χ2v) is 6.39.